The molecule has 30 heavy (non-hydrogen) atoms. The molecular formula is C21H19F3N2O4. The van der Waals surface area contributed by atoms with Crippen molar-refractivity contribution in [3.8, 4) is 5.75 Å². The van der Waals surface area contributed by atoms with Gasteiger partial charge in [-0.25, -0.2) is 9.59 Å². The molecule has 2 aromatic carbocycles. The van der Waals surface area contributed by atoms with Gasteiger partial charge in [-0.05, 0) is 42.3 Å². The van der Waals surface area contributed by atoms with E-state index in [0.717, 1.165) is 17.7 Å². The number of benzene rings is 2. The number of hydrogen-bond acceptors (Lipinski definition) is 4. The third kappa shape index (κ3) is 4.73. The number of urea groups is 1. The van der Waals surface area contributed by atoms with Gasteiger partial charge in [-0.3, -0.25) is 0 Å². The number of halogens is 3. The van der Waals surface area contributed by atoms with E-state index in [1.807, 2.05) is 0 Å². The summed E-state index contributed by atoms with van der Waals surface area (Å²) < 4.78 is 48.9. The minimum absolute atomic E-state index is 0.0206. The van der Waals surface area contributed by atoms with Gasteiger partial charge in [0.05, 0.1) is 24.3 Å². The van der Waals surface area contributed by atoms with Crippen LogP contribution in [0, 0.1) is 0 Å². The van der Waals surface area contributed by atoms with E-state index in [1.165, 1.54) is 26.2 Å². The number of carbonyl (C=O) groups excluding carboxylic acids is 2. The quantitative estimate of drug-likeness (QED) is 0.715. The maximum Gasteiger partial charge on any atom is 0.416 e. The molecule has 2 aromatic rings. The van der Waals surface area contributed by atoms with Crippen molar-refractivity contribution in [3.05, 3.63) is 76.5 Å². The minimum atomic E-state index is -4.48. The van der Waals surface area contributed by atoms with Crippen molar-refractivity contribution in [2.24, 2.45) is 0 Å². The molecule has 0 saturated heterocycles. The van der Waals surface area contributed by atoms with Gasteiger partial charge in [0.2, 0.25) is 0 Å². The van der Waals surface area contributed by atoms with Crippen molar-refractivity contribution < 1.29 is 32.2 Å². The lowest BCUT2D eigenvalue weighted by Crippen LogP contribution is -2.45. The number of amides is 2. The normalized spacial score (nSPS) is 16.6. The summed E-state index contributed by atoms with van der Waals surface area (Å²) in [7, 11) is 1.54. The Hall–Kier alpha value is -3.49. The second-order valence-electron chi connectivity index (χ2n) is 6.61. The van der Waals surface area contributed by atoms with Gasteiger partial charge in [0.1, 0.15) is 12.4 Å². The highest BCUT2D eigenvalue weighted by molar-refractivity contribution is 5.95. The fourth-order valence-corrected chi connectivity index (χ4v) is 3.03. The van der Waals surface area contributed by atoms with Crippen LogP contribution in [0.25, 0.3) is 0 Å². The predicted octanol–water partition coefficient (Wildman–Crippen LogP) is 4.09. The van der Waals surface area contributed by atoms with Crippen molar-refractivity contribution in [2.75, 3.05) is 7.11 Å². The van der Waals surface area contributed by atoms with Crippen LogP contribution in [0.3, 0.4) is 0 Å². The minimum Gasteiger partial charge on any atom is -0.497 e. The molecule has 0 spiro atoms. The van der Waals surface area contributed by atoms with Crippen molar-refractivity contribution in [1.29, 1.82) is 0 Å². The molecule has 158 valence electrons. The maximum atomic E-state index is 12.8. The zero-order valence-electron chi connectivity index (χ0n) is 16.2. The molecule has 0 fully saturated rings. The molecule has 0 bridgehead atoms. The first-order valence-electron chi connectivity index (χ1n) is 8.94. The van der Waals surface area contributed by atoms with E-state index >= 15 is 0 Å². The molecule has 3 rings (SSSR count). The summed E-state index contributed by atoms with van der Waals surface area (Å²) in [5.74, 6) is -0.0362. The Kier molecular flexibility index (Phi) is 6.00. The Balaban J connectivity index is 1.81. The summed E-state index contributed by atoms with van der Waals surface area (Å²) >= 11 is 0. The van der Waals surface area contributed by atoms with E-state index in [0.29, 0.717) is 11.3 Å². The summed E-state index contributed by atoms with van der Waals surface area (Å²) in [6.07, 6.45) is -4.48. The Morgan fingerprint density at radius 3 is 2.27 bits per heavy atom. The lowest BCUT2D eigenvalue weighted by Gasteiger charge is -2.28. The first-order valence-corrected chi connectivity index (χ1v) is 8.94. The van der Waals surface area contributed by atoms with Crippen LogP contribution in [0.5, 0.6) is 5.75 Å². The van der Waals surface area contributed by atoms with Crippen LogP contribution < -0.4 is 15.4 Å². The van der Waals surface area contributed by atoms with E-state index in [-0.39, 0.29) is 17.9 Å². The fraction of sp³-hybridized carbons (Fsp3) is 0.238. The smallest absolute Gasteiger partial charge is 0.416 e. The Morgan fingerprint density at radius 2 is 1.70 bits per heavy atom. The SMILES string of the molecule is COc1ccc(COC(=O)C2=C(C)NC(=O)NC2c2ccc(C(F)(F)F)cc2)cc1. The number of alkyl halides is 3. The summed E-state index contributed by atoms with van der Waals surface area (Å²) in [6, 6.07) is 9.67. The van der Waals surface area contributed by atoms with Crippen molar-refractivity contribution in [1.82, 2.24) is 10.6 Å². The highest BCUT2D eigenvalue weighted by Crippen LogP contribution is 2.32. The molecule has 1 heterocycles. The number of rotatable bonds is 5. The van der Waals surface area contributed by atoms with Gasteiger partial charge in [0, 0.05) is 5.70 Å². The van der Waals surface area contributed by atoms with E-state index in [4.69, 9.17) is 9.47 Å². The second kappa shape index (κ2) is 8.48. The molecule has 6 nitrogen and oxygen atoms in total. The zero-order valence-corrected chi connectivity index (χ0v) is 16.2. The van der Waals surface area contributed by atoms with Crippen molar-refractivity contribution in [3.63, 3.8) is 0 Å². The number of nitrogens with one attached hydrogen (secondary N) is 2. The number of allylic oxidation sites excluding steroid dienone is 1. The topological polar surface area (TPSA) is 76.7 Å². The average Bonchev–Trinajstić information content (AvgIpc) is 2.71. The van der Waals surface area contributed by atoms with Crippen LogP contribution in [0.2, 0.25) is 0 Å². The molecule has 0 radical (unpaired) electrons. The zero-order chi connectivity index (χ0) is 21.9. The van der Waals surface area contributed by atoms with Crippen LogP contribution in [-0.4, -0.2) is 19.1 Å². The molecule has 2 N–H and O–H groups in total. The summed E-state index contributed by atoms with van der Waals surface area (Å²) in [5.41, 5.74) is 0.608. The van der Waals surface area contributed by atoms with E-state index in [9.17, 15) is 22.8 Å². The van der Waals surface area contributed by atoms with E-state index < -0.39 is 29.8 Å². The Bertz CT molecular complexity index is 967. The van der Waals surface area contributed by atoms with Gasteiger partial charge in [-0.1, -0.05) is 24.3 Å². The third-order valence-corrected chi connectivity index (χ3v) is 4.59. The highest BCUT2D eigenvalue weighted by Gasteiger charge is 2.34. The molecule has 0 saturated carbocycles. The molecule has 1 aliphatic heterocycles. The third-order valence-electron chi connectivity index (χ3n) is 4.59. The van der Waals surface area contributed by atoms with E-state index in [2.05, 4.69) is 10.6 Å². The average molecular weight is 420 g/mol. The van der Waals surface area contributed by atoms with Crippen LogP contribution in [-0.2, 0) is 22.3 Å². The Labute approximate surface area is 170 Å². The van der Waals surface area contributed by atoms with Gasteiger partial charge in [-0.2, -0.15) is 13.2 Å². The summed E-state index contributed by atoms with van der Waals surface area (Å²) in [6.45, 7) is 1.51. The number of ether oxygens (including phenoxy) is 2. The van der Waals surface area contributed by atoms with Gasteiger partial charge in [0.25, 0.3) is 0 Å². The molecule has 9 heteroatoms. The number of hydrogen-bond donors (Lipinski definition) is 2. The number of carbonyl (C=O) groups is 2. The molecule has 1 atom stereocenters. The van der Waals surface area contributed by atoms with E-state index in [1.54, 1.807) is 24.3 Å². The highest BCUT2D eigenvalue weighted by atomic mass is 19.4. The molecule has 0 aliphatic carbocycles. The van der Waals surface area contributed by atoms with Crippen LogP contribution in [0.15, 0.2) is 59.8 Å². The summed E-state index contributed by atoms with van der Waals surface area (Å²) in [5, 5.41) is 5.05. The van der Waals surface area contributed by atoms with Crippen LogP contribution in [0.1, 0.15) is 29.7 Å². The molecule has 0 aromatic heterocycles. The van der Waals surface area contributed by atoms with Crippen molar-refractivity contribution in [2.45, 2.75) is 25.7 Å². The first kappa shape index (κ1) is 21.2. The monoisotopic (exact) mass is 420 g/mol. The van der Waals surface area contributed by atoms with Gasteiger partial charge in [0.15, 0.2) is 0 Å². The number of esters is 1. The Morgan fingerprint density at radius 1 is 1.07 bits per heavy atom. The standard InChI is InChI=1S/C21H19F3N2O4/c1-12-17(19(27)30-11-13-3-9-16(29-2)10-4-13)18(26-20(28)25-12)14-5-7-15(8-6-14)21(22,23)24/h3-10,18H,11H2,1-2H3,(H2,25,26,28). The molecular weight excluding hydrogens is 401 g/mol. The molecule has 1 unspecified atom stereocenters. The number of methoxy groups -OCH3 is 1. The lowest BCUT2D eigenvalue weighted by atomic mass is 9.95. The molecule has 2 amide bonds. The van der Waals surface area contributed by atoms with Gasteiger partial charge in [-0.15, -0.1) is 0 Å². The van der Waals surface area contributed by atoms with Crippen LogP contribution in [0.4, 0.5) is 18.0 Å². The summed E-state index contributed by atoms with van der Waals surface area (Å²) in [4.78, 5) is 24.6. The largest absolute Gasteiger partial charge is 0.497 e. The fourth-order valence-electron chi connectivity index (χ4n) is 3.03. The van der Waals surface area contributed by atoms with Crippen LogP contribution >= 0.6 is 0 Å². The van der Waals surface area contributed by atoms with Gasteiger partial charge < -0.3 is 20.1 Å². The van der Waals surface area contributed by atoms with Gasteiger partial charge >= 0.3 is 18.2 Å². The molecule has 1 aliphatic rings. The lowest BCUT2D eigenvalue weighted by molar-refractivity contribution is -0.141. The second-order valence-corrected chi connectivity index (χ2v) is 6.61. The predicted molar refractivity (Wildman–Crippen MR) is 101 cm³/mol. The maximum absolute atomic E-state index is 12.8. The van der Waals surface area contributed by atoms with Crippen molar-refractivity contribution >= 4 is 12.0 Å². The first-order chi connectivity index (χ1) is 14.2.